The van der Waals surface area contributed by atoms with Crippen molar-refractivity contribution in [2.75, 3.05) is 0 Å². The summed E-state index contributed by atoms with van der Waals surface area (Å²) in [7, 11) is 0. The number of hydrogen-bond acceptors (Lipinski definition) is 1. The van der Waals surface area contributed by atoms with Crippen LogP contribution in [0, 0.1) is 17.3 Å². The maximum atomic E-state index is 10.9. The average Bonchev–Trinajstić information content (AvgIpc) is 3.52. The molecule has 4 rings (SSSR count). The van der Waals surface area contributed by atoms with Gasteiger partial charge >= 0.3 is 5.97 Å². The summed E-state index contributed by atoms with van der Waals surface area (Å²) in [5.41, 5.74) is 0.0752. The van der Waals surface area contributed by atoms with E-state index >= 15 is 0 Å². The van der Waals surface area contributed by atoms with E-state index in [2.05, 4.69) is 104 Å². The molecule has 0 saturated carbocycles. The van der Waals surface area contributed by atoms with Crippen molar-refractivity contribution in [1.29, 1.82) is 0 Å². The minimum Gasteiger partial charge on any atom is -0.481 e. The topological polar surface area (TPSA) is 37.3 Å². The normalized spacial score (nSPS) is 17.2. The zero-order valence-corrected chi connectivity index (χ0v) is 20.4. The average molecular weight is 502 g/mol. The maximum absolute atomic E-state index is 10.9. The molecule has 0 fully saturated rings. The maximum Gasteiger partial charge on any atom is 0.303 e. The van der Waals surface area contributed by atoms with E-state index in [-0.39, 0.29) is 46.0 Å². The molecule has 0 amide bonds. The summed E-state index contributed by atoms with van der Waals surface area (Å²) in [5.74, 6) is 0.238. The van der Waals surface area contributed by atoms with Gasteiger partial charge in [0.05, 0.1) is 0 Å². The molecule has 4 aliphatic rings. The van der Waals surface area contributed by atoms with Gasteiger partial charge in [0.15, 0.2) is 0 Å². The first-order valence-corrected chi connectivity index (χ1v) is 10.6. The third-order valence-corrected chi connectivity index (χ3v) is 5.37. The Morgan fingerprint density at radius 2 is 1.10 bits per heavy atom. The van der Waals surface area contributed by atoms with Gasteiger partial charge in [0.25, 0.3) is 0 Å². The third kappa shape index (κ3) is 13.4. The molecule has 0 atom stereocenters. The van der Waals surface area contributed by atoms with E-state index in [1.807, 2.05) is 0 Å². The predicted molar refractivity (Wildman–Crippen MR) is 124 cm³/mol. The molecule has 0 aromatic rings. The molecule has 31 heavy (non-hydrogen) atoms. The number of aliphatic carboxylic acids is 1. The first kappa shape index (κ1) is 29.4. The van der Waals surface area contributed by atoms with Gasteiger partial charge in [-0.2, -0.15) is 0 Å². The molecule has 0 unspecified atom stereocenters. The molecule has 0 aromatic heterocycles. The predicted octanol–water partition coefficient (Wildman–Crippen LogP) is 7.12. The van der Waals surface area contributed by atoms with Crippen LogP contribution in [-0.4, -0.2) is 11.1 Å². The molecule has 0 saturated heterocycles. The third-order valence-electron chi connectivity index (χ3n) is 5.37. The van der Waals surface area contributed by atoms with E-state index in [1.54, 1.807) is 0 Å². The van der Waals surface area contributed by atoms with Gasteiger partial charge in [-0.15, -0.1) is 0 Å². The first-order chi connectivity index (χ1) is 14.1. The van der Waals surface area contributed by atoms with Gasteiger partial charge in [0, 0.05) is 40.6 Å². The Hall–Kier alpha value is -1.57. The number of carbonyl (C=O) groups is 1. The summed E-state index contributed by atoms with van der Waals surface area (Å²) >= 11 is 0. The van der Waals surface area contributed by atoms with Gasteiger partial charge in [0.1, 0.15) is 0 Å². The molecule has 1 N–H and O–H groups in total. The van der Waals surface area contributed by atoms with Crippen LogP contribution in [0.15, 0.2) is 97.2 Å². The van der Waals surface area contributed by atoms with Crippen molar-refractivity contribution in [2.24, 2.45) is 17.3 Å². The minimum absolute atomic E-state index is 0. The van der Waals surface area contributed by atoms with E-state index in [1.165, 1.54) is 0 Å². The molecule has 4 heteroatoms. The number of rotatable bonds is 7. The summed E-state index contributed by atoms with van der Waals surface area (Å²) in [4.78, 5) is 10.9. The molecule has 0 aliphatic heterocycles. The van der Waals surface area contributed by atoms with Gasteiger partial charge in [-0.1, -0.05) is 104 Å². The van der Waals surface area contributed by atoms with Gasteiger partial charge in [-0.25, -0.2) is 0 Å². The van der Waals surface area contributed by atoms with Crippen LogP contribution < -0.4 is 0 Å². The smallest absolute Gasteiger partial charge is 0.303 e. The van der Waals surface area contributed by atoms with E-state index in [4.69, 9.17) is 5.11 Å². The molecule has 170 valence electrons. The molecule has 0 heterocycles. The van der Waals surface area contributed by atoms with Crippen molar-refractivity contribution in [1.82, 2.24) is 0 Å². The van der Waals surface area contributed by atoms with E-state index in [9.17, 15) is 4.79 Å². The fourth-order valence-electron chi connectivity index (χ4n) is 3.85. The van der Waals surface area contributed by atoms with Crippen LogP contribution in [0.3, 0.4) is 0 Å². The van der Waals surface area contributed by atoms with Crippen LogP contribution in [0.4, 0.5) is 0 Å². The molecule has 0 aromatic carbocycles. The van der Waals surface area contributed by atoms with Crippen LogP contribution >= 0.6 is 0 Å². The zero-order chi connectivity index (χ0) is 20.8. The number of carboxylic acid groups (broad SMARTS) is 1. The van der Waals surface area contributed by atoms with Crippen molar-refractivity contribution in [3.8, 4) is 0 Å². The largest absolute Gasteiger partial charge is 0.481 e. The molecular formula is C27H34Fe2O2. The summed E-state index contributed by atoms with van der Waals surface area (Å²) in [6.45, 7) is 2.23. The Morgan fingerprint density at radius 3 is 1.35 bits per heavy atom. The molecule has 0 bridgehead atoms. The second-order valence-electron chi connectivity index (χ2n) is 8.16. The van der Waals surface area contributed by atoms with Crippen LogP contribution in [0.1, 0.15) is 45.4 Å². The molecule has 4 aliphatic carbocycles. The van der Waals surface area contributed by atoms with Crippen LogP contribution in [-0.2, 0) is 38.9 Å². The first-order valence-electron chi connectivity index (χ1n) is 10.6. The van der Waals surface area contributed by atoms with Gasteiger partial charge in [0.2, 0.25) is 0 Å². The fraction of sp³-hybridized carbons (Fsp3) is 0.370. The Bertz CT molecular complexity index is 655. The van der Waals surface area contributed by atoms with E-state index in [0.717, 1.165) is 32.1 Å². The molecule has 0 radical (unpaired) electrons. The minimum atomic E-state index is -0.693. The summed E-state index contributed by atoms with van der Waals surface area (Å²) in [5, 5.41) is 8.94. The van der Waals surface area contributed by atoms with Crippen LogP contribution in [0.25, 0.3) is 0 Å². The molecule has 0 spiro atoms. The van der Waals surface area contributed by atoms with Crippen molar-refractivity contribution in [3.05, 3.63) is 97.2 Å². The summed E-state index contributed by atoms with van der Waals surface area (Å²) < 4.78 is 0. The van der Waals surface area contributed by atoms with E-state index in [0.29, 0.717) is 11.8 Å². The quantitative estimate of drug-likeness (QED) is 0.377. The monoisotopic (exact) mass is 502 g/mol. The zero-order valence-electron chi connectivity index (χ0n) is 18.2. The van der Waals surface area contributed by atoms with Crippen molar-refractivity contribution in [2.45, 2.75) is 45.4 Å². The van der Waals surface area contributed by atoms with Gasteiger partial charge in [-0.05, 0) is 49.4 Å². The number of allylic oxidation sites excluding steroid dienone is 16. The van der Waals surface area contributed by atoms with Gasteiger partial charge in [-0.3, -0.25) is 4.79 Å². The summed E-state index contributed by atoms with van der Waals surface area (Å²) in [6.07, 6.45) is 39.2. The second-order valence-corrected chi connectivity index (χ2v) is 8.16. The van der Waals surface area contributed by atoms with Crippen LogP contribution in [0.5, 0.6) is 0 Å². The van der Waals surface area contributed by atoms with Crippen molar-refractivity contribution < 1.29 is 44.0 Å². The Labute approximate surface area is 209 Å². The van der Waals surface area contributed by atoms with E-state index < -0.39 is 5.97 Å². The Morgan fingerprint density at radius 1 is 0.742 bits per heavy atom. The summed E-state index contributed by atoms with van der Waals surface area (Å²) in [6, 6.07) is 0. The van der Waals surface area contributed by atoms with Crippen molar-refractivity contribution in [3.63, 3.8) is 0 Å². The number of hydrogen-bond donors (Lipinski definition) is 1. The Kier molecular flexibility index (Phi) is 16.2. The van der Waals surface area contributed by atoms with Gasteiger partial charge < -0.3 is 5.11 Å². The fourth-order valence-corrected chi connectivity index (χ4v) is 3.85. The molecular weight excluding hydrogens is 468 g/mol. The van der Waals surface area contributed by atoms with Crippen LogP contribution in [0.2, 0.25) is 0 Å². The Balaban J connectivity index is 0.000000615. The number of carboxylic acids is 1. The molecule has 2 nitrogen and oxygen atoms in total. The standard InChI is InChI=1S/C17H22O2.2C5H6.2Fe/c1-17(11-10-16(18)19,12-14-6-2-3-7-14)13-15-8-4-5-9-15;2*1-2-4-5-3-1;;/h2-9,14-15H,10-13H2,1H3,(H,18,19);2*1-4H,5H2;;. The SMILES string of the molecule is C1=CCC=C1.C1=CCC=C1.CC(CCC(=O)O)(CC1C=CC=C1)CC1C=CC=C1.[Fe].[Fe]. The second kappa shape index (κ2) is 17.0. The van der Waals surface area contributed by atoms with Crippen molar-refractivity contribution >= 4 is 5.97 Å².